The fourth-order valence-electron chi connectivity index (χ4n) is 1.79. The highest BCUT2D eigenvalue weighted by molar-refractivity contribution is 5.46. The van der Waals surface area contributed by atoms with Crippen LogP contribution in [0.5, 0.6) is 0 Å². The minimum atomic E-state index is -0.433. The third kappa shape index (κ3) is 2.72. The number of nitrogens with one attached hydrogen (secondary N) is 1. The molecule has 1 aliphatic rings. The molecule has 0 radical (unpaired) electrons. The first kappa shape index (κ1) is 11.4. The Labute approximate surface area is 94.9 Å². The van der Waals surface area contributed by atoms with Crippen molar-refractivity contribution in [3.63, 3.8) is 0 Å². The molecule has 1 saturated heterocycles. The second-order valence-corrected chi connectivity index (χ2v) is 4.03. The van der Waals surface area contributed by atoms with E-state index in [9.17, 15) is 5.11 Å². The summed E-state index contributed by atoms with van der Waals surface area (Å²) in [6.45, 7) is 1.11. The van der Waals surface area contributed by atoms with Crippen molar-refractivity contribution in [2.45, 2.75) is 18.6 Å². The summed E-state index contributed by atoms with van der Waals surface area (Å²) in [6.07, 6.45) is 0.243. The van der Waals surface area contributed by atoms with Gasteiger partial charge in [-0.05, 0) is 24.1 Å². The van der Waals surface area contributed by atoms with E-state index in [0.717, 1.165) is 11.3 Å². The standard InChI is InChI=1S/C12H17NO3/c14-6-5-9-1-3-10(4-2-9)13-11-7-16-8-12(11)15/h1-4,11-15H,5-8H2/t11-,12-/m1/s1. The minimum Gasteiger partial charge on any atom is -0.396 e. The van der Waals surface area contributed by atoms with E-state index in [4.69, 9.17) is 9.84 Å². The van der Waals surface area contributed by atoms with Crippen LogP contribution in [-0.4, -0.2) is 42.2 Å². The van der Waals surface area contributed by atoms with Crippen molar-refractivity contribution in [3.05, 3.63) is 29.8 Å². The molecular weight excluding hydrogens is 206 g/mol. The van der Waals surface area contributed by atoms with Gasteiger partial charge in [-0.1, -0.05) is 12.1 Å². The van der Waals surface area contributed by atoms with E-state index in [1.54, 1.807) is 0 Å². The van der Waals surface area contributed by atoms with Gasteiger partial charge in [0.25, 0.3) is 0 Å². The van der Waals surface area contributed by atoms with Gasteiger partial charge in [-0.25, -0.2) is 0 Å². The Kier molecular flexibility index (Phi) is 3.77. The number of ether oxygens (including phenoxy) is 1. The van der Waals surface area contributed by atoms with Crippen LogP contribution < -0.4 is 5.32 Å². The molecule has 2 atom stereocenters. The molecule has 1 aromatic carbocycles. The predicted octanol–water partition coefficient (Wildman–Crippen LogP) is 0.393. The van der Waals surface area contributed by atoms with Crippen LogP contribution in [0.4, 0.5) is 5.69 Å². The Morgan fingerprint density at radius 1 is 1.25 bits per heavy atom. The lowest BCUT2D eigenvalue weighted by Crippen LogP contribution is -2.31. The highest BCUT2D eigenvalue weighted by atomic mass is 16.5. The van der Waals surface area contributed by atoms with Gasteiger partial charge in [0.1, 0.15) is 0 Å². The monoisotopic (exact) mass is 223 g/mol. The second-order valence-electron chi connectivity index (χ2n) is 4.03. The molecule has 0 aliphatic carbocycles. The average molecular weight is 223 g/mol. The SMILES string of the molecule is OCCc1ccc(N[C@@H]2COC[C@H]2O)cc1. The van der Waals surface area contributed by atoms with Crippen LogP contribution in [0.25, 0.3) is 0 Å². The normalized spacial score (nSPS) is 24.6. The molecule has 0 bridgehead atoms. The Balaban J connectivity index is 1.94. The van der Waals surface area contributed by atoms with E-state index in [0.29, 0.717) is 19.6 Å². The molecule has 0 saturated carbocycles. The molecule has 88 valence electrons. The summed E-state index contributed by atoms with van der Waals surface area (Å²) in [5, 5.41) is 21.6. The molecule has 4 heteroatoms. The lowest BCUT2D eigenvalue weighted by Gasteiger charge is -2.16. The Morgan fingerprint density at radius 3 is 2.56 bits per heavy atom. The molecular formula is C12H17NO3. The number of hydrogen-bond acceptors (Lipinski definition) is 4. The van der Waals surface area contributed by atoms with Crippen LogP contribution in [0, 0.1) is 0 Å². The molecule has 3 N–H and O–H groups in total. The number of anilines is 1. The van der Waals surface area contributed by atoms with E-state index in [2.05, 4.69) is 5.32 Å². The van der Waals surface area contributed by atoms with Crippen molar-refractivity contribution < 1.29 is 14.9 Å². The van der Waals surface area contributed by atoms with Gasteiger partial charge < -0.3 is 20.3 Å². The fraction of sp³-hybridized carbons (Fsp3) is 0.500. The zero-order valence-electron chi connectivity index (χ0n) is 9.10. The van der Waals surface area contributed by atoms with Crippen molar-refractivity contribution in [1.82, 2.24) is 0 Å². The van der Waals surface area contributed by atoms with E-state index in [1.165, 1.54) is 0 Å². The van der Waals surface area contributed by atoms with Crippen LogP contribution >= 0.6 is 0 Å². The largest absolute Gasteiger partial charge is 0.396 e. The van der Waals surface area contributed by atoms with Gasteiger partial charge in [-0.2, -0.15) is 0 Å². The van der Waals surface area contributed by atoms with Crippen LogP contribution in [-0.2, 0) is 11.2 Å². The van der Waals surface area contributed by atoms with Gasteiger partial charge in [-0.3, -0.25) is 0 Å². The lowest BCUT2D eigenvalue weighted by atomic mass is 10.1. The third-order valence-corrected chi connectivity index (χ3v) is 2.76. The summed E-state index contributed by atoms with van der Waals surface area (Å²) >= 11 is 0. The summed E-state index contributed by atoms with van der Waals surface area (Å²) < 4.78 is 5.16. The molecule has 0 amide bonds. The van der Waals surface area contributed by atoms with Gasteiger partial charge >= 0.3 is 0 Å². The summed E-state index contributed by atoms with van der Waals surface area (Å²) in [5.41, 5.74) is 2.08. The van der Waals surface area contributed by atoms with Gasteiger partial charge in [0.05, 0.1) is 25.4 Å². The van der Waals surface area contributed by atoms with Gasteiger partial charge in [0, 0.05) is 12.3 Å². The molecule has 2 rings (SSSR count). The molecule has 0 spiro atoms. The van der Waals surface area contributed by atoms with Crippen molar-refractivity contribution >= 4 is 5.69 Å². The maximum atomic E-state index is 9.57. The van der Waals surface area contributed by atoms with E-state index < -0.39 is 6.10 Å². The highest BCUT2D eigenvalue weighted by Crippen LogP contribution is 2.15. The molecule has 0 aromatic heterocycles. The maximum Gasteiger partial charge on any atom is 0.0996 e. The van der Waals surface area contributed by atoms with Crippen LogP contribution in [0.1, 0.15) is 5.56 Å². The first-order valence-corrected chi connectivity index (χ1v) is 5.52. The first-order chi connectivity index (χ1) is 7.79. The molecule has 1 aromatic rings. The Morgan fingerprint density at radius 2 is 2.00 bits per heavy atom. The fourth-order valence-corrected chi connectivity index (χ4v) is 1.79. The van der Waals surface area contributed by atoms with Gasteiger partial charge in [0.15, 0.2) is 0 Å². The maximum absolute atomic E-state index is 9.57. The van der Waals surface area contributed by atoms with E-state index in [-0.39, 0.29) is 12.6 Å². The first-order valence-electron chi connectivity index (χ1n) is 5.52. The van der Waals surface area contributed by atoms with Crippen molar-refractivity contribution in [2.75, 3.05) is 25.1 Å². The van der Waals surface area contributed by atoms with Crippen molar-refractivity contribution in [2.24, 2.45) is 0 Å². The van der Waals surface area contributed by atoms with Crippen LogP contribution in [0.2, 0.25) is 0 Å². The zero-order valence-corrected chi connectivity index (χ0v) is 9.10. The minimum absolute atomic E-state index is 0.0244. The van der Waals surface area contributed by atoms with E-state index >= 15 is 0 Å². The number of hydrogen-bond donors (Lipinski definition) is 3. The molecule has 1 heterocycles. The number of aliphatic hydroxyl groups excluding tert-OH is 2. The van der Waals surface area contributed by atoms with Gasteiger partial charge in [0.2, 0.25) is 0 Å². The summed E-state index contributed by atoms with van der Waals surface area (Å²) in [7, 11) is 0. The quantitative estimate of drug-likeness (QED) is 0.691. The molecule has 0 unspecified atom stereocenters. The van der Waals surface area contributed by atoms with Crippen molar-refractivity contribution in [1.29, 1.82) is 0 Å². The van der Waals surface area contributed by atoms with Crippen LogP contribution in [0.15, 0.2) is 24.3 Å². The van der Waals surface area contributed by atoms with E-state index in [1.807, 2.05) is 24.3 Å². The third-order valence-electron chi connectivity index (χ3n) is 2.76. The van der Waals surface area contributed by atoms with Crippen LogP contribution in [0.3, 0.4) is 0 Å². The topological polar surface area (TPSA) is 61.7 Å². The smallest absolute Gasteiger partial charge is 0.0996 e. The van der Waals surface area contributed by atoms with Gasteiger partial charge in [-0.15, -0.1) is 0 Å². The summed E-state index contributed by atoms with van der Waals surface area (Å²) in [6, 6.07) is 7.83. The lowest BCUT2D eigenvalue weighted by molar-refractivity contribution is 0.125. The summed E-state index contributed by atoms with van der Waals surface area (Å²) in [4.78, 5) is 0. The number of rotatable bonds is 4. The molecule has 16 heavy (non-hydrogen) atoms. The average Bonchev–Trinajstić information content (AvgIpc) is 2.68. The summed E-state index contributed by atoms with van der Waals surface area (Å²) in [5.74, 6) is 0. The number of aliphatic hydroxyl groups is 2. The molecule has 1 fully saturated rings. The number of benzene rings is 1. The highest BCUT2D eigenvalue weighted by Gasteiger charge is 2.25. The molecule has 1 aliphatic heterocycles. The Bertz CT molecular complexity index is 326. The predicted molar refractivity (Wildman–Crippen MR) is 61.5 cm³/mol. The zero-order chi connectivity index (χ0) is 11.4. The molecule has 4 nitrogen and oxygen atoms in total. The Hall–Kier alpha value is -1.10. The second kappa shape index (κ2) is 5.30. The van der Waals surface area contributed by atoms with Crippen molar-refractivity contribution in [3.8, 4) is 0 Å².